The summed E-state index contributed by atoms with van der Waals surface area (Å²) in [6.07, 6.45) is 1.01. The highest BCUT2D eigenvalue weighted by atomic mass is 79.9. The Morgan fingerprint density at radius 1 is 1.73 bits per heavy atom. The number of nitrogens with two attached hydrogens (primary N) is 1. The highest BCUT2D eigenvalue weighted by Gasteiger charge is 2.30. The van der Waals surface area contributed by atoms with E-state index in [1.807, 2.05) is 7.05 Å². The Hall–Kier alpha value is -0.500. The second-order valence-corrected chi connectivity index (χ2v) is 4.41. The van der Waals surface area contributed by atoms with Crippen molar-refractivity contribution >= 4 is 15.9 Å². The van der Waals surface area contributed by atoms with Gasteiger partial charge in [0, 0.05) is 19.6 Å². The van der Waals surface area contributed by atoms with Crippen molar-refractivity contribution in [3.63, 3.8) is 0 Å². The monoisotopic (exact) mass is 275 g/mol. The van der Waals surface area contributed by atoms with E-state index in [9.17, 15) is 0 Å². The Kier molecular flexibility index (Phi) is 3.35. The van der Waals surface area contributed by atoms with E-state index in [1.165, 1.54) is 0 Å². The third-order valence-electron chi connectivity index (χ3n) is 2.74. The molecule has 7 heteroatoms. The van der Waals surface area contributed by atoms with Gasteiger partial charge in [0.15, 0.2) is 4.60 Å². The summed E-state index contributed by atoms with van der Waals surface area (Å²) in [5, 5.41) is 7.89. The lowest BCUT2D eigenvalue weighted by atomic mass is 9.97. The summed E-state index contributed by atoms with van der Waals surface area (Å²) in [6.45, 7) is 1.53. The van der Waals surface area contributed by atoms with Crippen molar-refractivity contribution in [2.75, 3.05) is 13.2 Å². The largest absolute Gasteiger partial charge is 0.381 e. The minimum Gasteiger partial charge on any atom is -0.381 e. The molecule has 0 aliphatic carbocycles. The zero-order chi connectivity index (χ0) is 10.8. The van der Waals surface area contributed by atoms with E-state index >= 15 is 0 Å². The lowest BCUT2D eigenvalue weighted by Crippen LogP contribution is -2.35. The number of nitrogens with zero attached hydrogens (tertiary/aromatic N) is 3. The first-order valence-electron chi connectivity index (χ1n) is 4.83. The molecule has 84 valence electrons. The summed E-state index contributed by atoms with van der Waals surface area (Å²) in [4.78, 5) is 0. The fraction of sp³-hybridized carbons (Fsp3) is 0.750. The lowest BCUT2D eigenvalue weighted by molar-refractivity contribution is 0.175. The minimum absolute atomic E-state index is 0.0295. The van der Waals surface area contributed by atoms with Crippen LogP contribution in [0.4, 0.5) is 0 Å². The number of hydrogen-bond acceptors (Lipinski definition) is 5. The second kappa shape index (κ2) is 4.56. The summed E-state index contributed by atoms with van der Waals surface area (Å²) in [5.41, 5.74) is 3.78. The highest BCUT2D eigenvalue weighted by Crippen LogP contribution is 2.30. The minimum atomic E-state index is 0.0295. The molecule has 0 saturated carbocycles. The van der Waals surface area contributed by atoms with E-state index in [4.69, 9.17) is 10.6 Å². The molecule has 6 nitrogen and oxygen atoms in total. The van der Waals surface area contributed by atoms with Crippen LogP contribution in [0.3, 0.4) is 0 Å². The standard InChI is InChI=1S/C8H14BrN5O/c1-14-7(8(9)12-13-14)6(11-10)5-2-3-15-4-5/h5-6,11H,2-4,10H2,1H3. The molecular formula is C8H14BrN5O. The molecule has 1 fully saturated rings. The van der Waals surface area contributed by atoms with Gasteiger partial charge in [-0.2, -0.15) is 0 Å². The fourth-order valence-corrected chi connectivity index (χ4v) is 2.50. The molecule has 1 aliphatic heterocycles. The zero-order valence-corrected chi connectivity index (χ0v) is 10.1. The SMILES string of the molecule is Cn1nnc(Br)c1C(NN)C1CCOC1. The Labute approximate surface area is 96.3 Å². The van der Waals surface area contributed by atoms with Gasteiger partial charge in [-0.05, 0) is 22.4 Å². The van der Waals surface area contributed by atoms with E-state index in [1.54, 1.807) is 4.68 Å². The van der Waals surface area contributed by atoms with Crippen LogP contribution in [0.25, 0.3) is 0 Å². The van der Waals surface area contributed by atoms with Crippen molar-refractivity contribution in [3.8, 4) is 0 Å². The van der Waals surface area contributed by atoms with Gasteiger partial charge in [0.05, 0.1) is 18.3 Å². The van der Waals surface area contributed by atoms with Crippen molar-refractivity contribution in [1.82, 2.24) is 20.4 Å². The second-order valence-electron chi connectivity index (χ2n) is 3.66. The molecule has 0 spiro atoms. The van der Waals surface area contributed by atoms with Crippen molar-refractivity contribution in [3.05, 3.63) is 10.3 Å². The third kappa shape index (κ3) is 2.05. The van der Waals surface area contributed by atoms with E-state index < -0.39 is 0 Å². The summed E-state index contributed by atoms with van der Waals surface area (Å²) < 4.78 is 7.82. The lowest BCUT2D eigenvalue weighted by Gasteiger charge is -2.21. The van der Waals surface area contributed by atoms with Gasteiger partial charge in [-0.25, -0.2) is 4.68 Å². The van der Waals surface area contributed by atoms with Crippen LogP contribution in [-0.4, -0.2) is 28.2 Å². The van der Waals surface area contributed by atoms with Crippen molar-refractivity contribution in [2.45, 2.75) is 12.5 Å². The molecule has 15 heavy (non-hydrogen) atoms. The molecule has 0 aromatic carbocycles. The first-order chi connectivity index (χ1) is 7.24. The Morgan fingerprint density at radius 3 is 3.00 bits per heavy atom. The maximum atomic E-state index is 5.59. The summed E-state index contributed by atoms with van der Waals surface area (Å²) in [7, 11) is 1.85. The molecule has 1 aromatic rings. The van der Waals surface area contributed by atoms with Crippen LogP contribution in [0, 0.1) is 5.92 Å². The molecular weight excluding hydrogens is 262 g/mol. The van der Waals surface area contributed by atoms with Gasteiger partial charge in [0.2, 0.25) is 0 Å². The Morgan fingerprint density at radius 2 is 2.53 bits per heavy atom. The molecule has 1 aliphatic rings. The number of nitrogens with one attached hydrogen (secondary N) is 1. The van der Waals surface area contributed by atoms with Gasteiger partial charge in [-0.15, -0.1) is 5.10 Å². The Balaban J connectivity index is 2.25. The quantitative estimate of drug-likeness (QED) is 0.605. The topological polar surface area (TPSA) is 78.0 Å². The zero-order valence-electron chi connectivity index (χ0n) is 8.48. The van der Waals surface area contributed by atoms with E-state index in [0.717, 1.165) is 29.9 Å². The predicted molar refractivity (Wildman–Crippen MR) is 57.7 cm³/mol. The normalized spacial score (nSPS) is 23.3. The Bertz CT molecular complexity index is 316. The molecule has 2 unspecified atom stereocenters. The molecule has 2 heterocycles. The average Bonchev–Trinajstić information content (AvgIpc) is 2.83. The first-order valence-corrected chi connectivity index (χ1v) is 5.62. The number of aryl methyl sites for hydroxylation is 1. The molecule has 1 aromatic heterocycles. The first kappa shape index (κ1) is 11.0. The van der Waals surface area contributed by atoms with Gasteiger partial charge in [0.25, 0.3) is 0 Å². The number of halogens is 1. The van der Waals surface area contributed by atoms with Crippen LogP contribution in [0.15, 0.2) is 4.60 Å². The number of ether oxygens (including phenoxy) is 1. The van der Waals surface area contributed by atoms with Gasteiger partial charge in [0.1, 0.15) is 0 Å². The van der Waals surface area contributed by atoms with Crippen LogP contribution in [0.1, 0.15) is 18.2 Å². The van der Waals surface area contributed by atoms with Crippen LogP contribution < -0.4 is 11.3 Å². The number of rotatable bonds is 3. The molecule has 2 rings (SSSR count). The highest BCUT2D eigenvalue weighted by molar-refractivity contribution is 9.10. The number of hydrogen-bond donors (Lipinski definition) is 2. The predicted octanol–water partition coefficient (Wildman–Crippen LogP) is 0.118. The van der Waals surface area contributed by atoms with Gasteiger partial charge < -0.3 is 4.74 Å². The molecule has 2 atom stereocenters. The summed E-state index contributed by atoms with van der Waals surface area (Å²) in [6, 6.07) is 0.0295. The van der Waals surface area contributed by atoms with Crippen LogP contribution in [0.2, 0.25) is 0 Å². The van der Waals surface area contributed by atoms with Crippen LogP contribution in [0.5, 0.6) is 0 Å². The van der Waals surface area contributed by atoms with Crippen LogP contribution in [-0.2, 0) is 11.8 Å². The molecule has 0 bridgehead atoms. The van der Waals surface area contributed by atoms with Crippen molar-refractivity contribution in [2.24, 2.45) is 18.8 Å². The molecule has 0 amide bonds. The number of hydrazine groups is 1. The average molecular weight is 276 g/mol. The van der Waals surface area contributed by atoms with Crippen molar-refractivity contribution < 1.29 is 4.74 Å². The third-order valence-corrected chi connectivity index (χ3v) is 3.30. The maximum Gasteiger partial charge on any atom is 0.153 e. The summed E-state index contributed by atoms with van der Waals surface area (Å²) in [5.74, 6) is 5.96. The van der Waals surface area contributed by atoms with Gasteiger partial charge in [-0.3, -0.25) is 11.3 Å². The maximum absolute atomic E-state index is 5.59. The summed E-state index contributed by atoms with van der Waals surface area (Å²) >= 11 is 3.37. The van der Waals surface area contributed by atoms with E-state index in [-0.39, 0.29) is 6.04 Å². The van der Waals surface area contributed by atoms with Gasteiger partial charge in [-0.1, -0.05) is 5.21 Å². The van der Waals surface area contributed by atoms with Crippen molar-refractivity contribution in [1.29, 1.82) is 0 Å². The van der Waals surface area contributed by atoms with Gasteiger partial charge >= 0.3 is 0 Å². The van der Waals surface area contributed by atoms with E-state index in [0.29, 0.717) is 5.92 Å². The molecule has 3 N–H and O–H groups in total. The molecule has 0 radical (unpaired) electrons. The van der Waals surface area contributed by atoms with Crippen LogP contribution >= 0.6 is 15.9 Å². The fourth-order valence-electron chi connectivity index (χ4n) is 1.92. The van der Waals surface area contributed by atoms with E-state index in [2.05, 4.69) is 31.7 Å². The number of aromatic nitrogens is 3. The molecule has 1 saturated heterocycles. The smallest absolute Gasteiger partial charge is 0.153 e.